The predicted molar refractivity (Wildman–Crippen MR) is 73.0 cm³/mol. The highest BCUT2D eigenvalue weighted by Crippen LogP contribution is 2.28. The molecule has 1 aliphatic rings. The average molecular weight is 268 g/mol. The number of rotatable bonds is 4. The van der Waals surface area contributed by atoms with E-state index in [1.807, 2.05) is 6.92 Å². The second-order valence-corrected chi connectivity index (χ2v) is 6.00. The lowest BCUT2D eigenvalue weighted by molar-refractivity contribution is 0.0881. The zero-order valence-corrected chi connectivity index (χ0v) is 11.8. The third-order valence-corrected chi connectivity index (χ3v) is 4.20. The normalized spacial score (nSPS) is 18.3. The molecule has 0 unspecified atom stereocenters. The minimum absolute atomic E-state index is 0.0701. The predicted octanol–water partition coefficient (Wildman–Crippen LogP) is 2.42. The number of hydrogen-bond acceptors (Lipinski definition) is 5. The van der Waals surface area contributed by atoms with Crippen molar-refractivity contribution in [2.75, 3.05) is 11.9 Å². The Morgan fingerprint density at radius 2 is 2.06 bits per heavy atom. The van der Waals surface area contributed by atoms with E-state index in [2.05, 4.69) is 27.8 Å². The Labute approximate surface area is 111 Å². The zero-order chi connectivity index (χ0) is 13.0. The molecule has 1 saturated carbocycles. The van der Waals surface area contributed by atoms with Crippen LogP contribution in [0.1, 0.15) is 55.8 Å². The molecule has 0 aromatic carbocycles. The fraction of sp³-hybridized carbons (Fsp3) is 0.750. The number of anilines is 1. The summed E-state index contributed by atoms with van der Waals surface area (Å²) in [4.78, 5) is 12.1. The largest absolute Gasteiger partial charge is 0.360 e. The lowest BCUT2D eigenvalue weighted by atomic mass is 9.83. The molecule has 100 valence electrons. The van der Waals surface area contributed by atoms with Crippen LogP contribution < -0.4 is 10.6 Å². The molecule has 1 fully saturated rings. The molecule has 5 nitrogen and oxygen atoms in total. The van der Waals surface area contributed by atoms with Gasteiger partial charge in [-0.15, -0.1) is 10.2 Å². The van der Waals surface area contributed by atoms with Gasteiger partial charge in [-0.25, -0.2) is 0 Å². The van der Waals surface area contributed by atoms with Crippen LogP contribution in [0.5, 0.6) is 0 Å². The first-order valence-corrected chi connectivity index (χ1v) is 7.34. The highest BCUT2D eigenvalue weighted by atomic mass is 32.1. The first-order chi connectivity index (χ1) is 8.63. The van der Waals surface area contributed by atoms with Crippen LogP contribution in [0.25, 0.3) is 0 Å². The summed E-state index contributed by atoms with van der Waals surface area (Å²) < 4.78 is 0. The van der Waals surface area contributed by atoms with Crippen molar-refractivity contribution in [1.82, 2.24) is 15.5 Å². The third kappa shape index (κ3) is 3.19. The van der Waals surface area contributed by atoms with Gasteiger partial charge in [-0.3, -0.25) is 4.79 Å². The van der Waals surface area contributed by atoms with Crippen LogP contribution in [0.3, 0.4) is 0 Å². The van der Waals surface area contributed by atoms with E-state index in [1.165, 1.54) is 30.6 Å². The van der Waals surface area contributed by atoms with Crippen LogP contribution in [0, 0.1) is 0 Å². The Kier molecular flexibility index (Phi) is 4.16. The summed E-state index contributed by atoms with van der Waals surface area (Å²) in [6.07, 6.45) is 5.76. The van der Waals surface area contributed by atoms with Gasteiger partial charge in [-0.05, 0) is 26.7 Å². The van der Waals surface area contributed by atoms with Gasteiger partial charge in [0.1, 0.15) is 0 Å². The van der Waals surface area contributed by atoms with Gasteiger partial charge in [0.2, 0.25) is 10.1 Å². The smallest absolute Gasteiger partial charge is 0.282 e. The first kappa shape index (κ1) is 13.3. The Morgan fingerprint density at radius 1 is 1.33 bits per heavy atom. The molecule has 0 bridgehead atoms. The molecule has 1 heterocycles. The number of nitrogens with one attached hydrogen (secondary N) is 2. The van der Waals surface area contributed by atoms with E-state index in [0.717, 1.165) is 19.4 Å². The van der Waals surface area contributed by atoms with Crippen LogP contribution >= 0.6 is 11.3 Å². The quantitative estimate of drug-likeness (QED) is 0.880. The van der Waals surface area contributed by atoms with Crippen molar-refractivity contribution < 1.29 is 4.79 Å². The molecule has 1 aromatic heterocycles. The molecule has 0 saturated heterocycles. The van der Waals surface area contributed by atoms with Crippen LogP contribution in [-0.4, -0.2) is 28.2 Å². The molecule has 0 radical (unpaired) electrons. The van der Waals surface area contributed by atoms with E-state index < -0.39 is 0 Å². The Bertz CT molecular complexity index is 412. The third-order valence-electron chi connectivity index (χ3n) is 3.32. The van der Waals surface area contributed by atoms with E-state index in [9.17, 15) is 4.79 Å². The molecule has 1 aromatic rings. The highest BCUT2D eigenvalue weighted by molar-refractivity contribution is 7.17. The topological polar surface area (TPSA) is 66.9 Å². The average Bonchev–Trinajstić information content (AvgIpc) is 2.78. The van der Waals surface area contributed by atoms with E-state index in [1.54, 1.807) is 0 Å². The van der Waals surface area contributed by atoms with Gasteiger partial charge < -0.3 is 10.6 Å². The molecule has 0 spiro atoms. The monoisotopic (exact) mass is 268 g/mol. The molecule has 2 rings (SSSR count). The van der Waals surface area contributed by atoms with Crippen LogP contribution in [-0.2, 0) is 0 Å². The van der Waals surface area contributed by atoms with Crippen molar-refractivity contribution in [3.63, 3.8) is 0 Å². The van der Waals surface area contributed by atoms with Gasteiger partial charge in [0.05, 0.1) is 0 Å². The van der Waals surface area contributed by atoms with E-state index >= 15 is 0 Å². The molecule has 1 aliphatic carbocycles. The Hall–Kier alpha value is -1.17. The maximum atomic E-state index is 12.1. The number of carbonyl (C=O) groups is 1. The molecule has 18 heavy (non-hydrogen) atoms. The zero-order valence-electron chi connectivity index (χ0n) is 11.0. The Balaban J connectivity index is 1.97. The fourth-order valence-electron chi connectivity index (χ4n) is 2.32. The lowest BCUT2D eigenvalue weighted by Crippen LogP contribution is -2.47. The number of hydrogen-bond donors (Lipinski definition) is 2. The van der Waals surface area contributed by atoms with E-state index in [0.29, 0.717) is 10.1 Å². The summed E-state index contributed by atoms with van der Waals surface area (Å²) in [5.74, 6) is -0.0962. The minimum atomic E-state index is -0.0962. The maximum Gasteiger partial charge on any atom is 0.282 e. The summed E-state index contributed by atoms with van der Waals surface area (Å²) in [6, 6.07) is 0. The van der Waals surface area contributed by atoms with Crippen LogP contribution in [0.15, 0.2) is 0 Å². The molecule has 0 atom stereocenters. The van der Waals surface area contributed by atoms with Crippen LogP contribution in [0.4, 0.5) is 5.13 Å². The number of amides is 1. The second kappa shape index (κ2) is 5.65. The second-order valence-electron chi connectivity index (χ2n) is 5.02. The van der Waals surface area contributed by atoms with Gasteiger partial charge in [0.25, 0.3) is 5.91 Å². The Morgan fingerprint density at radius 3 is 2.72 bits per heavy atom. The van der Waals surface area contributed by atoms with Gasteiger partial charge in [0, 0.05) is 12.1 Å². The number of carbonyl (C=O) groups excluding carboxylic acids is 1. The van der Waals surface area contributed by atoms with Gasteiger partial charge in [0.15, 0.2) is 0 Å². The van der Waals surface area contributed by atoms with Gasteiger partial charge in [-0.1, -0.05) is 30.6 Å². The lowest BCUT2D eigenvalue weighted by Gasteiger charge is -2.34. The summed E-state index contributed by atoms with van der Waals surface area (Å²) in [5, 5.41) is 15.2. The molecule has 1 amide bonds. The maximum absolute atomic E-state index is 12.1. The van der Waals surface area contributed by atoms with Crippen molar-refractivity contribution in [2.45, 2.75) is 51.5 Å². The van der Waals surface area contributed by atoms with Crippen molar-refractivity contribution in [1.29, 1.82) is 0 Å². The SMILES string of the molecule is CCNc1nnc(C(=O)NC2(C)CCCCC2)s1. The summed E-state index contributed by atoms with van der Waals surface area (Å²) >= 11 is 1.31. The van der Waals surface area contributed by atoms with Gasteiger partial charge >= 0.3 is 0 Å². The number of aromatic nitrogens is 2. The molecule has 6 heteroatoms. The van der Waals surface area contributed by atoms with Crippen molar-refractivity contribution in [3.05, 3.63) is 5.01 Å². The van der Waals surface area contributed by atoms with Gasteiger partial charge in [-0.2, -0.15) is 0 Å². The van der Waals surface area contributed by atoms with Crippen molar-refractivity contribution in [2.24, 2.45) is 0 Å². The van der Waals surface area contributed by atoms with Crippen molar-refractivity contribution in [3.8, 4) is 0 Å². The standard InChI is InChI=1S/C12H20N4OS/c1-3-13-11-16-15-10(18-11)9(17)14-12(2)7-5-4-6-8-12/h3-8H2,1-2H3,(H,13,16)(H,14,17). The fourth-order valence-corrected chi connectivity index (χ4v) is 3.03. The summed E-state index contributed by atoms with van der Waals surface area (Å²) in [6.45, 7) is 4.90. The highest BCUT2D eigenvalue weighted by Gasteiger charge is 2.29. The van der Waals surface area contributed by atoms with Crippen molar-refractivity contribution >= 4 is 22.4 Å². The van der Waals surface area contributed by atoms with E-state index in [-0.39, 0.29) is 11.4 Å². The molecule has 2 N–H and O–H groups in total. The first-order valence-electron chi connectivity index (χ1n) is 6.53. The molecular formula is C12H20N4OS. The summed E-state index contributed by atoms with van der Waals surface area (Å²) in [7, 11) is 0. The molecular weight excluding hydrogens is 248 g/mol. The van der Waals surface area contributed by atoms with Crippen LogP contribution in [0.2, 0.25) is 0 Å². The number of nitrogens with zero attached hydrogens (tertiary/aromatic N) is 2. The minimum Gasteiger partial charge on any atom is -0.360 e. The summed E-state index contributed by atoms with van der Waals surface area (Å²) in [5.41, 5.74) is -0.0701. The molecule has 0 aliphatic heterocycles. The van der Waals surface area contributed by atoms with E-state index in [4.69, 9.17) is 0 Å².